The summed E-state index contributed by atoms with van der Waals surface area (Å²) in [6.07, 6.45) is 1.90. The molecule has 0 bridgehead atoms. The normalized spacial score (nSPS) is 11.1. The van der Waals surface area contributed by atoms with E-state index in [9.17, 15) is 18.5 Å². The second-order valence-electron chi connectivity index (χ2n) is 4.90. The molecule has 0 amide bonds. The van der Waals surface area contributed by atoms with E-state index in [1.165, 1.54) is 18.4 Å². The summed E-state index contributed by atoms with van der Waals surface area (Å²) in [6.45, 7) is 0.649. The Bertz CT molecular complexity index is 753. The van der Waals surface area contributed by atoms with Crippen molar-refractivity contribution in [2.24, 2.45) is 0 Å². The Morgan fingerprint density at radius 2 is 1.64 bits per heavy atom. The van der Waals surface area contributed by atoms with Gasteiger partial charge < -0.3 is 5.32 Å². The van der Waals surface area contributed by atoms with Gasteiger partial charge >= 0.3 is 0 Å². The molecule has 7 heteroatoms. The molecule has 116 valence electrons. The number of hydrogen-bond donors (Lipinski definition) is 1. The van der Waals surface area contributed by atoms with Crippen molar-refractivity contribution in [3.63, 3.8) is 0 Å². The molecule has 6 nitrogen and oxygen atoms in total. The van der Waals surface area contributed by atoms with E-state index in [4.69, 9.17) is 0 Å². The molecule has 1 N–H and O–H groups in total. The average molecular weight is 320 g/mol. The standard InChI is InChI=1S/C15H16N2O4S/c1-22(20,21)15-8-2-12(3-9-15)10-11-16-13-4-6-14(7-5-13)17(18)19/h2-9,16H,10-11H2,1H3. The number of sulfone groups is 1. The van der Waals surface area contributed by atoms with Gasteiger partial charge in [-0.1, -0.05) is 12.1 Å². The minimum atomic E-state index is -3.16. The van der Waals surface area contributed by atoms with Crippen molar-refractivity contribution in [1.29, 1.82) is 0 Å². The lowest BCUT2D eigenvalue weighted by Gasteiger charge is -2.07. The van der Waals surface area contributed by atoms with Gasteiger partial charge in [0.25, 0.3) is 5.69 Å². The zero-order chi connectivity index (χ0) is 16.2. The third-order valence-electron chi connectivity index (χ3n) is 3.17. The van der Waals surface area contributed by atoms with Gasteiger partial charge in [-0.05, 0) is 36.2 Å². The van der Waals surface area contributed by atoms with Gasteiger partial charge in [0.1, 0.15) is 0 Å². The minimum Gasteiger partial charge on any atom is -0.385 e. The fourth-order valence-electron chi connectivity index (χ4n) is 1.96. The van der Waals surface area contributed by atoms with Crippen LogP contribution in [0.1, 0.15) is 5.56 Å². The van der Waals surface area contributed by atoms with Crippen molar-refractivity contribution in [3.8, 4) is 0 Å². The maximum atomic E-state index is 11.4. The molecule has 0 unspecified atom stereocenters. The zero-order valence-corrected chi connectivity index (χ0v) is 12.8. The monoisotopic (exact) mass is 320 g/mol. The fourth-order valence-corrected chi connectivity index (χ4v) is 2.59. The Balaban J connectivity index is 1.89. The van der Waals surface area contributed by atoms with Crippen molar-refractivity contribution in [2.45, 2.75) is 11.3 Å². The summed E-state index contributed by atoms with van der Waals surface area (Å²) in [4.78, 5) is 10.4. The van der Waals surface area contributed by atoms with Crippen molar-refractivity contribution >= 4 is 21.2 Å². The Kier molecular flexibility index (Phi) is 4.77. The largest absolute Gasteiger partial charge is 0.385 e. The number of nitro groups is 1. The molecule has 2 rings (SSSR count). The van der Waals surface area contributed by atoms with E-state index in [0.29, 0.717) is 11.4 Å². The van der Waals surface area contributed by atoms with Crippen LogP contribution in [0.3, 0.4) is 0 Å². The molecular formula is C15H16N2O4S. The lowest BCUT2D eigenvalue weighted by Crippen LogP contribution is -2.05. The third kappa shape index (κ3) is 4.29. The molecule has 0 radical (unpaired) electrons. The van der Waals surface area contributed by atoms with Crippen LogP contribution in [0.15, 0.2) is 53.4 Å². The van der Waals surface area contributed by atoms with Crippen LogP contribution in [-0.4, -0.2) is 26.1 Å². The van der Waals surface area contributed by atoms with Crippen LogP contribution in [-0.2, 0) is 16.3 Å². The van der Waals surface area contributed by atoms with Gasteiger partial charge in [0.05, 0.1) is 9.82 Å². The highest BCUT2D eigenvalue weighted by Gasteiger charge is 2.06. The second-order valence-corrected chi connectivity index (χ2v) is 6.91. The molecular weight excluding hydrogens is 304 g/mol. The average Bonchev–Trinajstić information content (AvgIpc) is 2.47. The first kappa shape index (κ1) is 16.0. The van der Waals surface area contributed by atoms with Crippen molar-refractivity contribution < 1.29 is 13.3 Å². The van der Waals surface area contributed by atoms with Crippen LogP contribution >= 0.6 is 0 Å². The smallest absolute Gasteiger partial charge is 0.269 e. The number of anilines is 1. The summed E-state index contributed by atoms with van der Waals surface area (Å²) in [7, 11) is -3.16. The molecule has 0 aliphatic heterocycles. The lowest BCUT2D eigenvalue weighted by atomic mass is 10.1. The molecule has 2 aromatic carbocycles. The van der Waals surface area contributed by atoms with Crippen LogP contribution in [0, 0.1) is 10.1 Å². The Morgan fingerprint density at radius 3 is 2.14 bits per heavy atom. The van der Waals surface area contributed by atoms with Gasteiger partial charge in [-0.2, -0.15) is 0 Å². The maximum Gasteiger partial charge on any atom is 0.269 e. The molecule has 0 aromatic heterocycles. The molecule has 0 aliphatic rings. The van der Waals surface area contributed by atoms with E-state index in [0.717, 1.165) is 17.7 Å². The number of nitrogens with zero attached hydrogens (tertiary/aromatic N) is 1. The number of nitro benzene ring substituents is 1. The summed E-state index contributed by atoms with van der Waals surface area (Å²) in [5, 5.41) is 13.7. The van der Waals surface area contributed by atoms with Gasteiger partial charge in [0.2, 0.25) is 0 Å². The van der Waals surface area contributed by atoms with Gasteiger partial charge in [-0.15, -0.1) is 0 Å². The summed E-state index contributed by atoms with van der Waals surface area (Å²) < 4.78 is 22.7. The number of nitrogens with one attached hydrogen (secondary N) is 1. The first-order chi connectivity index (χ1) is 10.4. The Hall–Kier alpha value is -2.41. The van der Waals surface area contributed by atoms with Gasteiger partial charge in [0.15, 0.2) is 9.84 Å². The number of benzene rings is 2. The second kappa shape index (κ2) is 6.57. The molecule has 0 fully saturated rings. The molecule has 0 aliphatic carbocycles. The maximum absolute atomic E-state index is 11.4. The molecule has 0 spiro atoms. The fraction of sp³-hybridized carbons (Fsp3) is 0.200. The first-order valence-corrected chi connectivity index (χ1v) is 8.53. The summed E-state index contributed by atoms with van der Waals surface area (Å²) >= 11 is 0. The third-order valence-corrected chi connectivity index (χ3v) is 4.30. The van der Waals surface area contributed by atoms with Gasteiger partial charge in [0, 0.05) is 30.6 Å². The quantitative estimate of drug-likeness (QED) is 0.653. The minimum absolute atomic E-state index is 0.0573. The number of non-ortho nitro benzene ring substituents is 1. The Morgan fingerprint density at radius 1 is 1.05 bits per heavy atom. The van der Waals surface area contributed by atoms with E-state index in [1.54, 1.807) is 36.4 Å². The number of rotatable bonds is 6. The van der Waals surface area contributed by atoms with E-state index in [-0.39, 0.29) is 5.69 Å². The van der Waals surface area contributed by atoms with Gasteiger partial charge in [-0.3, -0.25) is 10.1 Å². The summed E-state index contributed by atoms with van der Waals surface area (Å²) in [5.74, 6) is 0. The zero-order valence-electron chi connectivity index (χ0n) is 12.0. The number of hydrogen-bond acceptors (Lipinski definition) is 5. The molecule has 22 heavy (non-hydrogen) atoms. The van der Waals surface area contributed by atoms with Crippen molar-refractivity contribution in [2.75, 3.05) is 18.1 Å². The molecule has 0 saturated heterocycles. The Labute approximate surface area is 128 Å². The highest BCUT2D eigenvalue weighted by molar-refractivity contribution is 7.90. The summed E-state index contributed by atoms with van der Waals surface area (Å²) in [6, 6.07) is 13.0. The van der Waals surface area contributed by atoms with E-state index in [2.05, 4.69) is 5.32 Å². The van der Waals surface area contributed by atoms with E-state index >= 15 is 0 Å². The predicted octanol–water partition coefficient (Wildman–Crippen LogP) is 2.65. The van der Waals surface area contributed by atoms with Crippen molar-refractivity contribution in [3.05, 3.63) is 64.2 Å². The van der Waals surface area contributed by atoms with Gasteiger partial charge in [-0.25, -0.2) is 8.42 Å². The highest BCUT2D eigenvalue weighted by atomic mass is 32.2. The summed E-state index contributed by atoms with van der Waals surface area (Å²) in [5.41, 5.74) is 1.88. The lowest BCUT2D eigenvalue weighted by molar-refractivity contribution is -0.384. The topological polar surface area (TPSA) is 89.3 Å². The van der Waals surface area contributed by atoms with Crippen LogP contribution in [0.4, 0.5) is 11.4 Å². The predicted molar refractivity (Wildman–Crippen MR) is 84.8 cm³/mol. The van der Waals surface area contributed by atoms with Crippen LogP contribution in [0.25, 0.3) is 0 Å². The molecule has 2 aromatic rings. The molecule has 0 saturated carbocycles. The SMILES string of the molecule is CS(=O)(=O)c1ccc(CCNc2ccc([N+](=O)[O-])cc2)cc1. The highest BCUT2D eigenvalue weighted by Crippen LogP contribution is 2.15. The van der Waals surface area contributed by atoms with E-state index in [1.807, 2.05) is 0 Å². The van der Waals surface area contributed by atoms with Crippen LogP contribution in [0.5, 0.6) is 0 Å². The van der Waals surface area contributed by atoms with Crippen LogP contribution in [0.2, 0.25) is 0 Å². The molecule has 0 atom stereocenters. The first-order valence-electron chi connectivity index (χ1n) is 6.63. The van der Waals surface area contributed by atoms with E-state index < -0.39 is 14.8 Å². The van der Waals surface area contributed by atoms with Crippen molar-refractivity contribution in [1.82, 2.24) is 0 Å². The van der Waals surface area contributed by atoms with Crippen LogP contribution < -0.4 is 5.32 Å². The molecule has 0 heterocycles.